The van der Waals surface area contributed by atoms with Gasteiger partial charge in [0.05, 0.1) is 6.61 Å². The number of likely N-dealkylation sites (N-methyl/N-ethyl adjacent to an activating group) is 1. The van der Waals surface area contributed by atoms with Crippen LogP contribution in [0.1, 0.15) is 5.69 Å². The van der Waals surface area contributed by atoms with Crippen LogP contribution in [0.2, 0.25) is 0 Å². The smallest absolute Gasteiger partial charge is 0.224 e. The van der Waals surface area contributed by atoms with Crippen LogP contribution < -0.4 is 10.6 Å². The number of rotatable bonds is 8. The molecule has 0 aromatic carbocycles. The fourth-order valence-electron chi connectivity index (χ4n) is 1.50. The highest BCUT2D eigenvalue weighted by Gasteiger charge is 2.01. The Kier molecular flexibility index (Phi) is 6.38. The maximum atomic E-state index is 5.03. The summed E-state index contributed by atoms with van der Waals surface area (Å²) >= 11 is 0. The van der Waals surface area contributed by atoms with Crippen molar-refractivity contribution in [2.45, 2.75) is 6.92 Å². The third kappa shape index (κ3) is 5.29. The zero-order chi connectivity index (χ0) is 13.4. The molecule has 18 heavy (non-hydrogen) atoms. The number of hydrogen-bond donors (Lipinski definition) is 2. The van der Waals surface area contributed by atoms with E-state index in [2.05, 4.69) is 32.5 Å². The molecule has 0 spiro atoms. The van der Waals surface area contributed by atoms with Crippen LogP contribution in [-0.4, -0.2) is 62.3 Å². The number of aromatic nitrogens is 2. The molecule has 0 amide bonds. The summed E-state index contributed by atoms with van der Waals surface area (Å²) in [5.74, 6) is 1.50. The molecule has 0 saturated carbocycles. The molecule has 2 N–H and O–H groups in total. The van der Waals surface area contributed by atoms with Crippen LogP contribution in [0.15, 0.2) is 6.07 Å². The van der Waals surface area contributed by atoms with Crippen molar-refractivity contribution in [3.63, 3.8) is 0 Å². The summed E-state index contributed by atoms with van der Waals surface area (Å²) in [4.78, 5) is 10.8. The first-order chi connectivity index (χ1) is 8.65. The lowest BCUT2D eigenvalue weighted by Crippen LogP contribution is -2.28. The molecule has 102 valence electrons. The molecule has 0 aliphatic heterocycles. The third-order valence-corrected chi connectivity index (χ3v) is 2.55. The van der Waals surface area contributed by atoms with Crippen molar-refractivity contribution in [3.05, 3.63) is 11.8 Å². The quantitative estimate of drug-likeness (QED) is 0.715. The molecule has 1 rings (SSSR count). The zero-order valence-corrected chi connectivity index (χ0v) is 11.7. The molecule has 1 aromatic rings. The Bertz CT molecular complexity index is 358. The summed E-state index contributed by atoms with van der Waals surface area (Å²) in [5, 5.41) is 6.24. The summed E-state index contributed by atoms with van der Waals surface area (Å²) in [6.45, 7) is 5.44. The number of nitrogens with zero attached hydrogens (tertiary/aromatic N) is 3. The molecule has 1 aromatic heterocycles. The van der Waals surface area contributed by atoms with E-state index in [0.717, 1.165) is 37.8 Å². The van der Waals surface area contributed by atoms with E-state index in [-0.39, 0.29) is 0 Å². The molecule has 0 bridgehead atoms. The van der Waals surface area contributed by atoms with Crippen LogP contribution in [0.5, 0.6) is 0 Å². The highest BCUT2D eigenvalue weighted by atomic mass is 16.5. The van der Waals surface area contributed by atoms with Crippen LogP contribution in [0.4, 0.5) is 11.8 Å². The van der Waals surface area contributed by atoms with Gasteiger partial charge < -0.3 is 20.3 Å². The lowest BCUT2D eigenvalue weighted by molar-refractivity contribution is 0.163. The van der Waals surface area contributed by atoms with E-state index >= 15 is 0 Å². The summed E-state index contributed by atoms with van der Waals surface area (Å²) in [5.41, 5.74) is 0.949. The minimum atomic E-state index is 0.644. The van der Waals surface area contributed by atoms with Gasteiger partial charge in [-0.15, -0.1) is 0 Å². The standard InChI is InChI=1S/C12H23N5O/c1-10-9-11(16-12(13-2)15-10)14-5-6-17(3)7-8-18-4/h9H,5-8H2,1-4H3,(H2,13,14,15,16). The van der Waals surface area contributed by atoms with Crippen molar-refractivity contribution < 1.29 is 4.74 Å². The largest absolute Gasteiger partial charge is 0.383 e. The van der Waals surface area contributed by atoms with Crippen molar-refractivity contribution in [1.82, 2.24) is 14.9 Å². The molecular formula is C12H23N5O. The van der Waals surface area contributed by atoms with Gasteiger partial charge in [0.25, 0.3) is 0 Å². The first kappa shape index (κ1) is 14.7. The second-order valence-corrected chi connectivity index (χ2v) is 4.19. The van der Waals surface area contributed by atoms with E-state index in [1.165, 1.54) is 0 Å². The van der Waals surface area contributed by atoms with Gasteiger partial charge >= 0.3 is 0 Å². The number of hydrogen-bond acceptors (Lipinski definition) is 6. The van der Waals surface area contributed by atoms with Crippen molar-refractivity contribution in [3.8, 4) is 0 Å². The third-order valence-electron chi connectivity index (χ3n) is 2.55. The molecule has 0 radical (unpaired) electrons. The van der Waals surface area contributed by atoms with E-state index in [4.69, 9.17) is 4.74 Å². The van der Waals surface area contributed by atoms with E-state index in [9.17, 15) is 0 Å². The summed E-state index contributed by atoms with van der Waals surface area (Å²) in [6.07, 6.45) is 0. The highest BCUT2D eigenvalue weighted by Crippen LogP contribution is 2.08. The second-order valence-electron chi connectivity index (χ2n) is 4.19. The lowest BCUT2D eigenvalue weighted by Gasteiger charge is -2.16. The Morgan fingerprint density at radius 3 is 2.78 bits per heavy atom. The molecular weight excluding hydrogens is 230 g/mol. The fraction of sp³-hybridized carbons (Fsp3) is 0.667. The lowest BCUT2D eigenvalue weighted by atomic mass is 10.4. The van der Waals surface area contributed by atoms with E-state index < -0.39 is 0 Å². The predicted molar refractivity (Wildman–Crippen MR) is 74.2 cm³/mol. The maximum Gasteiger partial charge on any atom is 0.224 e. The highest BCUT2D eigenvalue weighted by molar-refractivity contribution is 5.41. The summed E-state index contributed by atoms with van der Waals surface area (Å²) in [6, 6.07) is 1.94. The minimum absolute atomic E-state index is 0.644. The summed E-state index contributed by atoms with van der Waals surface area (Å²) < 4.78 is 5.03. The van der Waals surface area contributed by atoms with Crippen LogP contribution in [0.3, 0.4) is 0 Å². The molecule has 0 aliphatic carbocycles. The van der Waals surface area contributed by atoms with Gasteiger partial charge in [0.15, 0.2) is 0 Å². The van der Waals surface area contributed by atoms with Gasteiger partial charge in [0.1, 0.15) is 5.82 Å². The predicted octanol–water partition coefficient (Wildman–Crippen LogP) is 0.817. The summed E-state index contributed by atoms with van der Waals surface area (Å²) in [7, 11) is 5.61. The van der Waals surface area contributed by atoms with Crippen molar-refractivity contribution in [2.75, 3.05) is 58.1 Å². The minimum Gasteiger partial charge on any atom is -0.383 e. The molecule has 1 heterocycles. The molecule has 0 saturated heterocycles. The number of methoxy groups -OCH3 is 1. The number of ether oxygens (including phenoxy) is 1. The normalized spacial score (nSPS) is 10.7. The monoisotopic (exact) mass is 253 g/mol. The van der Waals surface area contributed by atoms with E-state index in [0.29, 0.717) is 5.95 Å². The zero-order valence-electron chi connectivity index (χ0n) is 11.7. The fourth-order valence-corrected chi connectivity index (χ4v) is 1.50. The Morgan fingerprint density at radius 2 is 2.11 bits per heavy atom. The van der Waals surface area contributed by atoms with Crippen molar-refractivity contribution >= 4 is 11.8 Å². The van der Waals surface area contributed by atoms with Gasteiger partial charge in [-0.05, 0) is 14.0 Å². The number of nitrogens with one attached hydrogen (secondary N) is 2. The molecule has 6 heteroatoms. The Balaban J connectivity index is 2.36. The number of anilines is 2. The first-order valence-corrected chi connectivity index (χ1v) is 6.10. The average molecular weight is 253 g/mol. The molecule has 6 nitrogen and oxygen atoms in total. The van der Waals surface area contributed by atoms with Crippen LogP contribution in [-0.2, 0) is 4.74 Å². The topological polar surface area (TPSA) is 62.3 Å². The van der Waals surface area contributed by atoms with Crippen LogP contribution >= 0.6 is 0 Å². The van der Waals surface area contributed by atoms with E-state index in [1.54, 1.807) is 7.11 Å². The van der Waals surface area contributed by atoms with Gasteiger partial charge in [-0.25, -0.2) is 4.98 Å². The van der Waals surface area contributed by atoms with Crippen LogP contribution in [0.25, 0.3) is 0 Å². The van der Waals surface area contributed by atoms with Crippen LogP contribution in [0, 0.1) is 6.92 Å². The Hall–Kier alpha value is -1.40. The van der Waals surface area contributed by atoms with Gasteiger partial charge in [-0.3, -0.25) is 0 Å². The van der Waals surface area contributed by atoms with E-state index in [1.807, 2.05) is 20.0 Å². The average Bonchev–Trinajstić information content (AvgIpc) is 2.35. The first-order valence-electron chi connectivity index (χ1n) is 6.10. The molecule has 0 unspecified atom stereocenters. The van der Waals surface area contributed by atoms with Crippen molar-refractivity contribution in [2.24, 2.45) is 0 Å². The van der Waals surface area contributed by atoms with Gasteiger partial charge in [-0.2, -0.15) is 4.98 Å². The molecule has 0 aliphatic rings. The number of aryl methyl sites for hydroxylation is 1. The van der Waals surface area contributed by atoms with Gasteiger partial charge in [0.2, 0.25) is 5.95 Å². The second kappa shape index (κ2) is 7.84. The van der Waals surface area contributed by atoms with Crippen molar-refractivity contribution in [1.29, 1.82) is 0 Å². The maximum absolute atomic E-state index is 5.03. The SMILES string of the molecule is CNc1nc(C)cc(NCCN(C)CCOC)n1. The molecule has 0 fully saturated rings. The van der Waals surface area contributed by atoms with Gasteiger partial charge in [0, 0.05) is 45.6 Å². The molecule has 0 atom stereocenters. The Morgan fingerprint density at radius 1 is 1.33 bits per heavy atom. The Labute approximate surface area is 109 Å². The van der Waals surface area contributed by atoms with Gasteiger partial charge in [-0.1, -0.05) is 0 Å².